The van der Waals surface area contributed by atoms with Gasteiger partial charge in [-0.05, 0) is 96.8 Å². The predicted octanol–water partition coefficient (Wildman–Crippen LogP) is 5.97. The Labute approximate surface area is 261 Å². The van der Waals surface area contributed by atoms with Crippen molar-refractivity contribution in [3.8, 4) is 17.3 Å². The van der Waals surface area contributed by atoms with E-state index in [0.29, 0.717) is 50.0 Å². The van der Waals surface area contributed by atoms with Crippen molar-refractivity contribution in [2.45, 2.75) is 90.3 Å². The average Bonchev–Trinajstić information content (AvgIpc) is 3.02. The SMILES string of the molecule is CCOC(=O)C(C)(C)OC[C@H](C)NC1CCC(Cc2cc(-c3cccc(NCC4(C#N)CCOCC4)n3)c(Cl)cn2)CC1. The van der Waals surface area contributed by atoms with E-state index in [1.54, 1.807) is 27.0 Å². The molecule has 1 atom stereocenters. The highest BCUT2D eigenvalue weighted by Crippen LogP contribution is 2.33. The van der Waals surface area contributed by atoms with Gasteiger partial charge in [0.2, 0.25) is 0 Å². The summed E-state index contributed by atoms with van der Waals surface area (Å²) in [5.74, 6) is 0.945. The van der Waals surface area contributed by atoms with E-state index < -0.39 is 11.0 Å². The fourth-order valence-electron chi connectivity index (χ4n) is 5.80. The highest BCUT2D eigenvalue weighted by atomic mass is 35.5. The lowest BCUT2D eigenvalue weighted by Gasteiger charge is -2.32. The molecule has 1 saturated heterocycles. The minimum atomic E-state index is -0.952. The number of carbonyl (C=O) groups excluding carboxylic acids is 1. The number of nitrogens with zero attached hydrogens (tertiary/aromatic N) is 3. The van der Waals surface area contributed by atoms with Gasteiger partial charge in [-0.2, -0.15) is 5.26 Å². The summed E-state index contributed by atoms with van der Waals surface area (Å²) >= 11 is 6.60. The molecule has 0 bridgehead atoms. The Balaban J connectivity index is 1.28. The standard InChI is InChI=1S/C33H46ClN5O4/c1-5-42-31(40)32(3,4)43-20-23(2)38-25-11-9-24(10-12-25)17-26-18-27(28(34)19-36-26)29-7-6-8-30(39-29)37-22-33(21-35)13-15-41-16-14-33/h6-8,18-19,23-25,38H,5,9-17,20,22H2,1-4H3,(H,37,39)/t23-,24?,25?/m0/s1. The molecule has 0 spiro atoms. The molecule has 1 aliphatic carbocycles. The molecular formula is C33H46ClN5O4. The average molecular weight is 612 g/mol. The summed E-state index contributed by atoms with van der Waals surface area (Å²) in [7, 11) is 0. The van der Waals surface area contributed by atoms with E-state index in [9.17, 15) is 10.1 Å². The van der Waals surface area contributed by atoms with Gasteiger partial charge in [-0.3, -0.25) is 4.98 Å². The first kappa shape index (κ1) is 33.1. The molecule has 234 valence electrons. The number of carbonyl (C=O) groups is 1. The topological polar surface area (TPSA) is 118 Å². The molecule has 0 unspecified atom stereocenters. The molecule has 43 heavy (non-hydrogen) atoms. The summed E-state index contributed by atoms with van der Waals surface area (Å²) in [6, 6.07) is 11.0. The highest BCUT2D eigenvalue weighted by molar-refractivity contribution is 6.33. The number of hydrogen-bond acceptors (Lipinski definition) is 9. The largest absolute Gasteiger partial charge is 0.464 e. The normalized spacial score (nSPS) is 21.0. The summed E-state index contributed by atoms with van der Waals surface area (Å²) in [5, 5.41) is 17.4. The van der Waals surface area contributed by atoms with Crippen molar-refractivity contribution in [2.24, 2.45) is 11.3 Å². The van der Waals surface area contributed by atoms with Crippen molar-refractivity contribution < 1.29 is 19.0 Å². The van der Waals surface area contributed by atoms with E-state index in [1.807, 2.05) is 18.2 Å². The minimum Gasteiger partial charge on any atom is -0.464 e. The van der Waals surface area contributed by atoms with Crippen LogP contribution in [-0.2, 0) is 25.4 Å². The first-order valence-corrected chi connectivity index (χ1v) is 15.9. The van der Waals surface area contributed by atoms with Gasteiger partial charge in [0.1, 0.15) is 5.82 Å². The van der Waals surface area contributed by atoms with Crippen LogP contribution >= 0.6 is 11.6 Å². The van der Waals surface area contributed by atoms with Crippen molar-refractivity contribution in [2.75, 3.05) is 38.3 Å². The smallest absolute Gasteiger partial charge is 0.337 e. The third-order valence-electron chi connectivity index (χ3n) is 8.56. The second-order valence-electron chi connectivity index (χ2n) is 12.5. The van der Waals surface area contributed by atoms with E-state index in [-0.39, 0.29) is 12.0 Å². The molecule has 0 amide bonds. The first-order chi connectivity index (χ1) is 20.6. The number of hydrogen-bond donors (Lipinski definition) is 2. The van der Waals surface area contributed by atoms with Crippen molar-refractivity contribution >= 4 is 23.4 Å². The fourth-order valence-corrected chi connectivity index (χ4v) is 6.00. The summed E-state index contributed by atoms with van der Waals surface area (Å²) in [4.78, 5) is 21.6. The molecule has 2 fully saturated rings. The van der Waals surface area contributed by atoms with Crippen LogP contribution in [0.2, 0.25) is 5.02 Å². The second kappa shape index (κ2) is 15.3. The number of nitriles is 1. The van der Waals surface area contributed by atoms with Gasteiger partial charge in [0, 0.05) is 49.3 Å². The lowest BCUT2D eigenvalue weighted by molar-refractivity contribution is -0.168. The predicted molar refractivity (Wildman–Crippen MR) is 168 cm³/mol. The third kappa shape index (κ3) is 9.36. The number of esters is 1. The van der Waals surface area contributed by atoms with E-state index in [2.05, 4.69) is 34.7 Å². The number of rotatable bonds is 13. The zero-order valence-corrected chi connectivity index (χ0v) is 26.7. The lowest BCUT2D eigenvalue weighted by atomic mass is 9.82. The molecule has 10 heteroatoms. The van der Waals surface area contributed by atoms with E-state index in [0.717, 1.165) is 67.7 Å². The molecule has 1 saturated carbocycles. The van der Waals surface area contributed by atoms with Crippen LogP contribution in [0.5, 0.6) is 0 Å². The third-order valence-corrected chi connectivity index (χ3v) is 8.86. The van der Waals surface area contributed by atoms with Crippen LogP contribution in [0.1, 0.15) is 71.9 Å². The Bertz CT molecular complexity index is 1250. The van der Waals surface area contributed by atoms with Crippen LogP contribution in [-0.4, -0.2) is 66.6 Å². The quantitative estimate of drug-likeness (QED) is 0.264. The van der Waals surface area contributed by atoms with Gasteiger partial charge in [0.25, 0.3) is 0 Å². The zero-order chi connectivity index (χ0) is 30.9. The van der Waals surface area contributed by atoms with Crippen LogP contribution < -0.4 is 10.6 Å². The lowest BCUT2D eigenvalue weighted by Crippen LogP contribution is -2.45. The second-order valence-corrected chi connectivity index (χ2v) is 12.9. The van der Waals surface area contributed by atoms with Gasteiger partial charge >= 0.3 is 5.97 Å². The Morgan fingerprint density at radius 1 is 1.26 bits per heavy atom. The fraction of sp³-hybridized carbons (Fsp3) is 0.636. The van der Waals surface area contributed by atoms with Crippen molar-refractivity contribution in [1.29, 1.82) is 5.26 Å². The summed E-state index contributed by atoms with van der Waals surface area (Å²) in [6.07, 6.45) is 8.46. The maximum Gasteiger partial charge on any atom is 0.337 e. The van der Waals surface area contributed by atoms with Crippen LogP contribution in [0.4, 0.5) is 5.82 Å². The molecule has 1 aliphatic heterocycles. The molecule has 0 aromatic carbocycles. The van der Waals surface area contributed by atoms with Crippen molar-refractivity contribution in [3.05, 3.63) is 41.2 Å². The molecule has 2 aromatic rings. The van der Waals surface area contributed by atoms with Crippen molar-refractivity contribution in [3.63, 3.8) is 0 Å². The molecule has 0 radical (unpaired) electrons. The molecule has 4 rings (SSSR count). The number of anilines is 1. The zero-order valence-electron chi connectivity index (χ0n) is 26.0. The molecule has 2 aliphatic rings. The van der Waals surface area contributed by atoms with Crippen LogP contribution in [0.3, 0.4) is 0 Å². The summed E-state index contributed by atoms with van der Waals surface area (Å²) in [5.41, 5.74) is 1.29. The first-order valence-electron chi connectivity index (χ1n) is 15.5. The molecule has 3 heterocycles. The van der Waals surface area contributed by atoms with Gasteiger partial charge in [0.05, 0.1) is 35.4 Å². The number of halogens is 1. The number of pyridine rings is 2. The Morgan fingerprint density at radius 3 is 2.70 bits per heavy atom. The van der Waals surface area contributed by atoms with E-state index in [4.69, 9.17) is 30.8 Å². The van der Waals surface area contributed by atoms with Gasteiger partial charge in [0.15, 0.2) is 5.60 Å². The summed E-state index contributed by atoms with van der Waals surface area (Å²) in [6.45, 7) is 9.95. The molecule has 2 N–H and O–H groups in total. The number of ether oxygens (including phenoxy) is 3. The van der Waals surface area contributed by atoms with Gasteiger partial charge in [-0.25, -0.2) is 9.78 Å². The summed E-state index contributed by atoms with van der Waals surface area (Å²) < 4.78 is 16.4. The van der Waals surface area contributed by atoms with Gasteiger partial charge < -0.3 is 24.8 Å². The van der Waals surface area contributed by atoms with Crippen molar-refractivity contribution in [1.82, 2.24) is 15.3 Å². The monoisotopic (exact) mass is 611 g/mol. The highest BCUT2D eigenvalue weighted by Gasteiger charge is 2.33. The van der Waals surface area contributed by atoms with E-state index in [1.165, 1.54) is 0 Å². The van der Waals surface area contributed by atoms with Crippen LogP contribution in [0, 0.1) is 22.7 Å². The minimum absolute atomic E-state index is 0.135. The Morgan fingerprint density at radius 2 is 2.00 bits per heavy atom. The molecular weight excluding hydrogens is 566 g/mol. The van der Waals surface area contributed by atoms with Gasteiger partial charge in [-0.15, -0.1) is 0 Å². The van der Waals surface area contributed by atoms with Gasteiger partial charge in [-0.1, -0.05) is 17.7 Å². The maximum absolute atomic E-state index is 12.1. The Hall–Kier alpha value is -2.77. The van der Waals surface area contributed by atoms with E-state index >= 15 is 0 Å². The molecule has 9 nitrogen and oxygen atoms in total. The number of aromatic nitrogens is 2. The molecule has 2 aromatic heterocycles. The van der Waals surface area contributed by atoms with Crippen LogP contribution in [0.25, 0.3) is 11.3 Å². The maximum atomic E-state index is 12.1. The van der Waals surface area contributed by atoms with Crippen LogP contribution in [0.15, 0.2) is 30.5 Å². The number of nitrogens with one attached hydrogen (secondary N) is 2. The Kier molecular flexibility index (Phi) is 11.8.